The summed E-state index contributed by atoms with van der Waals surface area (Å²) < 4.78 is 39.7. The van der Waals surface area contributed by atoms with Crippen LogP contribution in [0, 0.1) is 17.6 Å². The van der Waals surface area contributed by atoms with Crippen molar-refractivity contribution in [1.82, 2.24) is 4.98 Å². The number of halogens is 4. The van der Waals surface area contributed by atoms with Gasteiger partial charge in [-0.3, -0.25) is 0 Å². The number of anilines is 1. The van der Waals surface area contributed by atoms with Gasteiger partial charge in [0.2, 0.25) is 0 Å². The number of aromatic nitrogens is 1. The van der Waals surface area contributed by atoms with Gasteiger partial charge < -0.3 is 5.32 Å². The van der Waals surface area contributed by atoms with E-state index in [1.165, 1.54) is 0 Å². The second-order valence-electron chi connectivity index (χ2n) is 3.47. The Morgan fingerprint density at radius 2 is 2.00 bits per heavy atom. The van der Waals surface area contributed by atoms with E-state index in [9.17, 15) is 13.2 Å². The van der Waals surface area contributed by atoms with Crippen LogP contribution < -0.4 is 5.32 Å². The first-order valence-electron chi connectivity index (χ1n) is 5.06. The van der Waals surface area contributed by atoms with Crippen LogP contribution in [0.3, 0.4) is 0 Å². The maximum atomic E-state index is 13.2. The van der Waals surface area contributed by atoms with Gasteiger partial charge >= 0.3 is 0 Å². The molecule has 2 rings (SSSR count). The smallest absolute Gasteiger partial charge is 0.251 e. The highest BCUT2D eigenvalue weighted by Gasteiger charge is 2.11. The first kappa shape index (κ1) is 13.4. The van der Waals surface area contributed by atoms with E-state index in [2.05, 4.69) is 26.2 Å². The molecule has 0 bridgehead atoms. The first-order valence-corrected chi connectivity index (χ1v) is 6.67. The molecule has 0 aromatic carbocycles. The summed E-state index contributed by atoms with van der Waals surface area (Å²) in [5.41, 5.74) is 0. The molecule has 0 aliphatic heterocycles. The lowest BCUT2D eigenvalue weighted by Crippen LogP contribution is -2.09. The fraction of sp³-hybridized carbons (Fsp3) is 0.182. The summed E-state index contributed by atoms with van der Waals surface area (Å²) in [6, 6.07) is 4.33. The Kier molecular flexibility index (Phi) is 4.23. The Balaban J connectivity index is 1.96. The van der Waals surface area contributed by atoms with Crippen molar-refractivity contribution in [3.05, 3.63) is 44.4 Å². The number of nitrogens with one attached hydrogen (secondary N) is 1. The van der Waals surface area contributed by atoms with Crippen molar-refractivity contribution in [3.63, 3.8) is 0 Å². The molecule has 18 heavy (non-hydrogen) atoms. The summed E-state index contributed by atoms with van der Waals surface area (Å²) in [6.07, 6.45) is 0.649. The van der Waals surface area contributed by atoms with Crippen LogP contribution in [-0.2, 0) is 6.42 Å². The van der Waals surface area contributed by atoms with Gasteiger partial charge in [-0.1, -0.05) is 0 Å². The summed E-state index contributed by atoms with van der Waals surface area (Å²) >= 11 is 4.89. The third kappa shape index (κ3) is 3.23. The van der Waals surface area contributed by atoms with Crippen molar-refractivity contribution in [1.29, 1.82) is 0 Å². The van der Waals surface area contributed by atoms with Crippen LogP contribution in [0.5, 0.6) is 0 Å². The molecule has 0 saturated carbocycles. The summed E-state index contributed by atoms with van der Waals surface area (Å²) in [5, 5.41) is 2.64. The van der Waals surface area contributed by atoms with Crippen molar-refractivity contribution in [2.75, 3.05) is 11.9 Å². The van der Waals surface area contributed by atoms with E-state index in [1.807, 2.05) is 12.1 Å². The van der Waals surface area contributed by atoms with Crippen molar-refractivity contribution in [2.24, 2.45) is 0 Å². The van der Waals surface area contributed by atoms with Crippen molar-refractivity contribution in [3.8, 4) is 0 Å². The molecule has 2 aromatic heterocycles. The van der Waals surface area contributed by atoms with Gasteiger partial charge in [0.1, 0.15) is 0 Å². The average molecular weight is 337 g/mol. The maximum Gasteiger partial charge on any atom is 0.251 e. The topological polar surface area (TPSA) is 24.9 Å². The Morgan fingerprint density at radius 1 is 1.22 bits per heavy atom. The number of thiophene rings is 1. The number of hydrogen-bond acceptors (Lipinski definition) is 3. The van der Waals surface area contributed by atoms with Crippen LogP contribution in [0.15, 0.2) is 22.0 Å². The Morgan fingerprint density at radius 3 is 2.67 bits per heavy atom. The molecule has 0 aliphatic rings. The van der Waals surface area contributed by atoms with E-state index in [4.69, 9.17) is 0 Å². The highest BCUT2D eigenvalue weighted by Crippen LogP contribution is 2.22. The molecule has 2 aromatic rings. The highest BCUT2D eigenvalue weighted by atomic mass is 79.9. The van der Waals surface area contributed by atoms with Gasteiger partial charge in [0.25, 0.3) is 5.95 Å². The lowest BCUT2D eigenvalue weighted by molar-refractivity contribution is 0.466. The maximum absolute atomic E-state index is 13.2. The minimum absolute atomic E-state index is 0.274. The number of nitrogens with zero attached hydrogens (tertiary/aromatic N) is 1. The molecule has 0 fully saturated rings. The Bertz CT molecular complexity index is 559. The molecule has 0 amide bonds. The number of pyridine rings is 1. The summed E-state index contributed by atoms with van der Waals surface area (Å²) in [7, 11) is 0. The molecule has 2 nitrogen and oxygen atoms in total. The third-order valence-electron chi connectivity index (χ3n) is 2.18. The second-order valence-corrected chi connectivity index (χ2v) is 6.02. The average Bonchev–Trinajstić information content (AvgIpc) is 2.71. The molecule has 0 unspecified atom stereocenters. The molecule has 0 aliphatic carbocycles. The molecule has 96 valence electrons. The Hall–Kier alpha value is -1.08. The van der Waals surface area contributed by atoms with Crippen LogP contribution in [0.1, 0.15) is 4.88 Å². The van der Waals surface area contributed by atoms with Gasteiger partial charge in [0.15, 0.2) is 17.5 Å². The fourth-order valence-corrected chi connectivity index (χ4v) is 2.84. The van der Waals surface area contributed by atoms with E-state index in [1.54, 1.807) is 11.3 Å². The molecule has 1 N–H and O–H groups in total. The normalized spacial score (nSPS) is 10.7. The summed E-state index contributed by atoms with van der Waals surface area (Å²) in [4.78, 5) is 4.27. The van der Waals surface area contributed by atoms with Gasteiger partial charge in [-0.05, 0) is 34.5 Å². The SMILES string of the molecule is Fc1cc(F)c(NCCc2ccc(Br)s2)nc1F. The van der Waals surface area contributed by atoms with E-state index < -0.39 is 17.6 Å². The second kappa shape index (κ2) is 5.71. The number of hydrogen-bond donors (Lipinski definition) is 1. The molecule has 0 radical (unpaired) electrons. The standard InChI is InChI=1S/C11H8BrF3N2S/c12-9-2-1-6(18-9)3-4-16-11-8(14)5-7(13)10(15)17-11/h1-2,5H,3-4H2,(H,16,17). The first-order chi connectivity index (χ1) is 8.56. The van der Waals surface area contributed by atoms with E-state index in [-0.39, 0.29) is 5.82 Å². The molecule has 2 heterocycles. The predicted octanol–water partition coefficient (Wildman–Crippen LogP) is 3.98. The lowest BCUT2D eigenvalue weighted by Gasteiger charge is -2.06. The van der Waals surface area contributed by atoms with Crippen molar-refractivity contribution < 1.29 is 13.2 Å². The van der Waals surface area contributed by atoms with Crippen molar-refractivity contribution in [2.45, 2.75) is 6.42 Å². The van der Waals surface area contributed by atoms with E-state index in [0.717, 1.165) is 8.66 Å². The van der Waals surface area contributed by atoms with Gasteiger partial charge in [-0.2, -0.15) is 9.37 Å². The van der Waals surface area contributed by atoms with Crippen LogP contribution in [0.2, 0.25) is 0 Å². The molecule has 0 atom stereocenters. The zero-order chi connectivity index (χ0) is 13.1. The fourth-order valence-electron chi connectivity index (χ4n) is 1.36. The quantitative estimate of drug-likeness (QED) is 0.854. The minimum Gasteiger partial charge on any atom is -0.367 e. The Labute approximate surface area is 114 Å². The minimum atomic E-state index is -1.31. The third-order valence-corrected chi connectivity index (χ3v) is 3.86. The zero-order valence-corrected chi connectivity index (χ0v) is 11.4. The van der Waals surface area contributed by atoms with Gasteiger partial charge in [-0.25, -0.2) is 8.78 Å². The molecule has 0 spiro atoms. The summed E-state index contributed by atoms with van der Waals surface area (Å²) in [5.74, 6) is -3.77. The lowest BCUT2D eigenvalue weighted by atomic mass is 10.3. The van der Waals surface area contributed by atoms with Gasteiger partial charge in [-0.15, -0.1) is 11.3 Å². The highest BCUT2D eigenvalue weighted by molar-refractivity contribution is 9.11. The van der Waals surface area contributed by atoms with Crippen LogP contribution in [0.4, 0.5) is 19.0 Å². The molecular formula is C11H8BrF3N2S. The van der Waals surface area contributed by atoms with Gasteiger partial charge in [0, 0.05) is 17.5 Å². The molecule has 0 saturated heterocycles. The monoisotopic (exact) mass is 336 g/mol. The molecule has 7 heteroatoms. The van der Waals surface area contributed by atoms with Gasteiger partial charge in [0.05, 0.1) is 3.79 Å². The van der Waals surface area contributed by atoms with Crippen LogP contribution in [0.25, 0.3) is 0 Å². The van der Waals surface area contributed by atoms with Crippen LogP contribution in [-0.4, -0.2) is 11.5 Å². The van der Waals surface area contributed by atoms with E-state index in [0.29, 0.717) is 19.0 Å². The van der Waals surface area contributed by atoms with E-state index >= 15 is 0 Å². The number of rotatable bonds is 4. The molecular weight excluding hydrogens is 329 g/mol. The predicted molar refractivity (Wildman–Crippen MR) is 68.3 cm³/mol. The summed E-state index contributed by atoms with van der Waals surface area (Å²) in [6.45, 7) is 0.391. The van der Waals surface area contributed by atoms with Crippen LogP contribution >= 0.6 is 27.3 Å². The van der Waals surface area contributed by atoms with Crippen molar-refractivity contribution >= 4 is 33.1 Å². The zero-order valence-electron chi connectivity index (χ0n) is 9.01. The largest absolute Gasteiger partial charge is 0.367 e.